The SMILES string of the molecule is O=S([O-])n1ccc2c(-c3ccnc(Nc4ccncn4)c3)cncc21. The van der Waals surface area contributed by atoms with E-state index >= 15 is 0 Å². The number of aromatic nitrogens is 5. The first-order valence-corrected chi connectivity index (χ1v) is 8.30. The van der Waals surface area contributed by atoms with Crippen LogP contribution in [0.3, 0.4) is 0 Å². The van der Waals surface area contributed by atoms with Crippen LogP contribution in [0.5, 0.6) is 0 Å². The van der Waals surface area contributed by atoms with E-state index in [1.807, 2.05) is 12.1 Å². The summed E-state index contributed by atoms with van der Waals surface area (Å²) in [5.41, 5.74) is 2.20. The summed E-state index contributed by atoms with van der Waals surface area (Å²) in [7, 11) is 0. The fourth-order valence-corrected chi connectivity index (χ4v) is 3.02. The molecule has 9 heteroatoms. The molecule has 25 heavy (non-hydrogen) atoms. The minimum Gasteiger partial charge on any atom is -0.755 e. The molecule has 0 saturated carbocycles. The zero-order valence-electron chi connectivity index (χ0n) is 12.7. The van der Waals surface area contributed by atoms with E-state index in [2.05, 4.69) is 25.3 Å². The van der Waals surface area contributed by atoms with E-state index in [0.29, 0.717) is 17.2 Å². The number of nitrogens with zero attached hydrogens (tertiary/aromatic N) is 5. The predicted molar refractivity (Wildman–Crippen MR) is 92.6 cm³/mol. The van der Waals surface area contributed by atoms with Crippen LogP contribution in [0, 0.1) is 0 Å². The molecule has 4 heterocycles. The van der Waals surface area contributed by atoms with Crippen LogP contribution in [0.25, 0.3) is 22.0 Å². The molecule has 8 nitrogen and oxygen atoms in total. The van der Waals surface area contributed by atoms with Gasteiger partial charge in [-0.05, 0) is 29.8 Å². The first-order chi connectivity index (χ1) is 12.2. The molecule has 1 atom stereocenters. The molecule has 1 N–H and O–H groups in total. The fraction of sp³-hybridized carbons (Fsp3) is 0. The van der Waals surface area contributed by atoms with Gasteiger partial charge in [0.2, 0.25) is 0 Å². The van der Waals surface area contributed by atoms with Gasteiger partial charge in [0.15, 0.2) is 0 Å². The lowest BCUT2D eigenvalue weighted by Crippen LogP contribution is -2.00. The fourth-order valence-electron chi connectivity index (χ4n) is 2.56. The quantitative estimate of drug-likeness (QED) is 0.562. The third kappa shape index (κ3) is 2.97. The standard InChI is InChI=1S/C16H12N6O2S/c23-25(24)22-6-3-12-13(8-18-9-14(12)22)11-1-5-19-16(7-11)21-15-2-4-17-10-20-15/h1-10H,(H,23,24)(H,17,19,20,21)/p-1. The van der Waals surface area contributed by atoms with E-state index in [9.17, 15) is 8.76 Å². The monoisotopic (exact) mass is 351 g/mol. The van der Waals surface area contributed by atoms with E-state index in [1.54, 1.807) is 30.7 Å². The first kappa shape index (κ1) is 15.4. The van der Waals surface area contributed by atoms with Crippen molar-refractivity contribution in [2.45, 2.75) is 0 Å². The number of anilines is 2. The Hall–Kier alpha value is -3.17. The molecule has 0 radical (unpaired) electrons. The molecular formula is C16H11N6O2S-. The van der Waals surface area contributed by atoms with Crippen molar-refractivity contribution in [2.75, 3.05) is 5.32 Å². The van der Waals surface area contributed by atoms with E-state index in [4.69, 9.17) is 0 Å². The molecule has 0 spiro atoms. The molecule has 0 aliphatic rings. The Morgan fingerprint density at radius 1 is 1.04 bits per heavy atom. The molecule has 0 bridgehead atoms. The highest BCUT2D eigenvalue weighted by atomic mass is 32.2. The zero-order valence-corrected chi connectivity index (χ0v) is 13.6. The Kier molecular flexibility index (Phi) is 3.92. The van der Waals surface area contributed by atoms with Gasteiger partial charge in [-0.1, -0.05) is 0 Å². The molecule has 0 aliphatic heterocycles. The summed E-state index contributed by atoms with van der Waals surface area (Å²) in [5, 5.41) is 3.89. The molecule has 0 aromatic carbocycles. The summed E-state index contributed by atoms with van der Waals surface area (Å²) in [5.74, 6) is 1.24. The summed E-state index contributed by atoms with van der Waals surface area (Å²) >= 11 is -2.38. The highest BCUT2D eigenvalue weighted by Gasteiger charge is 2.10. The smallest absolute Gasteiger partial charge is 0.134 e. The van der Waals surface area contributed by atoms with Crippen molar-refractivity contribution in [3.8, 4) is 11.1 Å². The average molecular weight is 351 g/mol. The molecule has 4 aromatic heterocycles. The summed E-state index contributed by atoms with van der Waals surface area (Å²) in [6, 6.07) is 7.18. The van der Waals surface area contributed by atoms with Crippen molar-refractivity contribution in [3.05, 3.63) is 61.6 Å². The van der Waals surface area contributed by atoms with Crippen molar-refractivity contribution >= 4 is 33.8 Å². The van der Waals surface area contributed by atoms with E-state index < -0.39 is 11.3 Å². The Morgan fingerprint density at radius 2 is 1.96 bits per heavy atom. The molecule has 0 aliphatic carbocycles. The van der Waals surface area contributed by atoms with Gasteiger partial charge in [0.25, 0.3) is 0 Å². The summed E-state index contributed by atoms with van der Waals surface area (Å²) in [4.78, 5) is 16.4. The van der Waals surface area contributed by atoms with Gasteiger partial charge in [0.05, 0.1) is 23.0 Å². The maximum atomic E-state index is 11.3. The third-order valence-electron chi connectivity index (χ3n) is 3.65. The largest absolute Gasteiger partial charge is 0.755 e. The van der Waals surface area contributed by atoms with Crippen molar-refractivity contribution < 1.29 is 8.76 Å². The van der Waals surface area contributed by atoms with Crippen LogP contribution in [0.4, 0.5) is 11.6 Å². The number of fused-ring (bicyclic) bond motifs is 1. The Bertz CT molecular complexity index is 1070. The Balaban J connectivity index is 1.77. The zero-order chi connectivity index (χ0) is 17.2. The topological polar surface area (TPSA) is 109 Å². The number of rotatable bonds is 4. The maximum absolute atomic E-state index is 11.3. The summed E-state index contributed by atoms with van der Waals surface area (Å²) in [6.45, 7) is 0. The molecular weight excluding hydrogens is 340 g/mol. The van der Waals surface area contributed by atoms with Crippen molar-refractivity contribution in [2.24, 2.45) is 0 Å². The van der Waals surface area contributed by atoms with Gasteiger partial charge in [0.1, 0.15) is 18.0 Å². The van der Waals surface area contributed by atoms with Crippen LogP contribution in [-0.2, 0) is 11.3 Å². The van der Waals surface area contributed by atoms with Crippen LogP contribution >= 0.6 is 0 Å². The predicted octanol–water partition coefficient (Wildman–Crippen LogP) is 2.27. The highest BCUT2D eigenvalue weighted by molar-refractivity contribution is 7.77. The van der Waals surface area contributed by atoms with Crippen molar-refractivity contribution in [3.63, 3.8) is 0 Å². The van der Waals surface area contributed by atoms with Gasteiger partial charge in [-0.25, -0.2) is 15.0 Å². The van der Waals surface area contributed by atoms with Crippen LogP contribution in [0.1, 0.15) is 0 Å². The van der Waals surface area contributed by atoms with E-state index in [1.165, 1.54) is 18.7 Å². The van der Waals surface area contributed by atoms with Gasteiger partial charge < -0.3 is 9.87 Å². The second kappa shape index (κ2) is 6.38. The molecule has 124 valence electrons. The van der Waals surface area contributed by atoms with E-state index in [-0.39, 0.29) is 0 Å². The first-order valence-electron chi connectivity index (χ1n) is 7.26. The maximum Gasteiger partial charge on any atom is 0.134 e. The lowest BCUT2D eigenvalue weighted by molar-refractivity contribution is 0.529. The number of pyridine rings is 2. The molecule has 1 unspecified atom stereocenters. The normalized spacial score (nSPS) is 12.2. The van der Waals surface area contributed by atoms with Gasteiger partial charge in [-0.3, -0.25) is 13.2 Å². The second-order valence-electron chi connectivity index (χ2n) is 5.13. The molecule has 0 saturated heterocycles. The van der Waals surface area contributed by atoms with Crippen LogP contribution in [-0.4, -0.2) is 32.7 Å². The lowest BCUT2D eigenvalue weighted by atomic mass is 10.1. The average Bonchev–Trinajstić information content (AvgIpc) is 3.07. The Morgan fingerprint density at radius 3 is 2.76 bits per heavy atom. The highest BCUT2D eigenvalue weighted by Crippen LogP contribution is 2.29. The molecule has 4 aromatic rings. The van der Waals surface area contributed by atoms with Crippen LogP contribution < -0.4 is 5.32 Å². The van der Waals surface area contributed by atoms with Gasteiger partial charge in [0, 0.05) is 35.7 Å². The molecule has 4 rings (SSSR count). The minimum atomic E-state index is -2.38. The third-order valence-corrected chi connectivity index (χ3v) is 4.29. The summed E-state index contributed by atoms with van der Waals surface area (Å²) in [6.07, 6.45) is 9.47. The summed E-state index contributed by atoms with van der Waals surface area (Å²) < 4.78 is 23.7. The van der Waals surface area contributed by atoms with Gasteiger partial charge in [-0.15, -0.1) is 0 Å². The van der Waals surface area contributed by atoms with Crippen LogP contribution in [0.15, 0.2) is 61.6 Å². The van der Waals surface area contributed by atoms with Crippen molar-refractivity contribution in [1.82, 2.24) is 23.9 Å². The van der Waals surface area contributed by atoms with E-state index in [0.717, 1.165) is 20.5 Å². The molecule has 0 amide bonds. The van der Waals surface area contributed by atoms with Crippen LogP contribution in [0.2, 0.25) is 0 Å². The van der Waals surface area contributed by atoms with Gasteiger partial charge in [-0.2, -0.15) is 0 Å². The second-order valence-corrected chi connectivity index (χ2v) is 5.96. The lowest BCUT2D eigenvalue weighted by Gasteiger charge is -2.09. The number of hydrogen-bond acceptors (Lipinski definition) is 7. The minimum absolute atomic E-state index is 0.521. The Labute approximate surface area is 145 Å². The number of nitrogens with one attached hydrogen (secondary N) is 1. The van der Waals surface area contributed by atoms with Crippen molar-refractivity contribution in [1.29, 1.82) is 0 Å². The van der Waals surface area contributed by atoms with Gasteiger partial charge >= 0.3 is 0 Å². The number of hydrogen-bond donors (Lipinski definition) is 1. The molecule has 0 fully saturated rings.